The average molecular weight is 471 g/mol. The van der Waals surface area contributed by atoms with E-state index in [2.05, 4.69) is 40.5 Å². The molecule has 0 saturated heterocycles. The fourth-order valence-electron chi connectivity index (χ4n) is 1.75. The summed E-state index contributed by atoms with van der Waals surface area (Å²) in [4.78, 5) is 11.4. The second-order valence-corrected chi connectivity index (χ2v) is 7.56. The fourth-order valence-corrected chi connectivity index (χ4v) is 3.55. The predicted molar refractivity (Wildman–Crippen MR) is 108 cm³/mol. The van der Waals surface area contributed by atoms with Crippen LogP contribution in [0.25, 0.3) is 0 Å². The van der Waals surface area contributed by atoms with Gasteiger partial charge in [-0.15, -0.1) is 46.7 Å². The first-order valence-electron chi connectivity index (χ1n) is 6.85. The number of thiophene rings is 1. The molecule has 122 valence electrons. The Balaban J connectivity index is 0.00000242. The Morgan fingerprint density at radius 2 is 2.14 bits per heavy atom. The van der Waals surface area contributed by atoms with Crippen molar-refractivity contribution in [3.8, 4) is 0 Å². The number of nitrogens with one attached hydrogen (secondary N) is 2. The monoisotopic (exact) mass is 470 g/mol. The molecule has 0 bridgehead atoms. The molecule has 4 nitrogen and oxygen atoms in total. The van der Waals surface area contributed by atoms with Crippen LogP contribution >= 0.6 is 58.3 Å². The molecule has 0 atom stereocenters. The zero-order chi connectivity index (χ0) is 15.1. The van der Waals surface area contributed by atoms with Crippen molar-refractivity contribution in [2.75, 3.05) is 13.1 Å². The van der Waals surface area contributed by atoms with Crippen molar-refractivity contribution in [3.05, 3.63) is 37.4 Å². The van der Waals surface area contributed by atoms with Crippen LogP contribution < -0.4 is 10.6 Å². The van der Waals surface area contributed by atoms with Gasteiger partial charge in [-0.25, -0.2) is 9.98 Å². The number of guanidine groups is 1. The molecule has 0 aliphatic carbocycles. The van der Waals surface area contributed by atoms with Crippen LogP contribution in [0.2, 0.25) is 4.34 Å². The molecule has 22 heavy (non-hydrogen) atoms. The minimum absolute atomic E-state index is 0. The van der Waals surface area contributed by atoms with Crippen LogP contribution in [0, 0.1) is 6.92 Å². The summed E-state index contributed by atoms with van der Waals surface area (Å²) in [7, 11) is 0. The van der Waals surface area contributed by atoms with Gasteiger partial charge in [0.1, 0.15) is 5.01 Å². The highest BCUT2D eigenvalue weighted by molar-refractivity contribution is 14.0. The number of rotatable bonds is 6. The van der Waals surface area contributed by atoms with Crippen LogP contribution in [-0.2, 0) is 13.0 Å². The molecular formula is C14H20ClIN4S2. The number of hydrogen-bond donors (Lipinski definition) is 2. The Bertz CT molecular complexity index is 597. The molecule has 0 spiro atoms. The van der Waals surface area contributed by atoms with E-state index in [0.717, 1.165) is 34.8 Å². The lowest BCUT2D eigenvalue weighted by Crippen LogP contribution is -2.38. The third kappa shape index (κ3) is 6.80. The van der Waals surface area contributed by atoms with Gasteiger partial charge in [-0.2, -0.15) is 0 Å². The van der Waals surface area contributed by atoms with Crippen molar-refractivity contribution >= 4 is 64.2 Å². The summed E-state index contributed by atoms with van der Waals surface area (Å²) < 4.78 is 0.838. The number of aliphatic imine (C=N–C) groups is 1. The lowest BCUT2D eigenvalue weighted by Gasteiger charge is -2.10. The van der Waals surface area contributed by atoms with Crippen molar-refractivity contribution in [1.82, 2.24) is 15.6 Å². The van der Waals surface area contributed by atoms with Gasteiger partial charge in [-0.05, 0) is 32.4 Å². The lowest BCUT2D eigenvalue weighted by molar-refractivity contribution is 0.804. The normalized spacial score (nSPS) is 11.1. The second kappa shape index (κ2) is 10.4. The van der Waals surface area contributed by atoms with Crippen LogP contribution in [0.5, 0.6) is 0 Å². The first-order valence-corrected chi connectivity index (χ1v) is 8.86. The minimum atomic E-state index is 0. The van der Waals surface area contributed by atoms with E-state index in [9.17, 15) is 0 Å². The van der Waals surface area contributed by atoms with E-state index in [1.54, 1.807) is 22.7 Å². The molecule has 8 heteroatoms. The van der Waals surface area contributed by atoms with Gasteiger partial charge < -0.3 is 10.6 Å². The minimum Gasteiger partial charge on any atom is -0.357 e. The molecule has 0 aliphatic heterocycles. The van der Waals surface area contributed by atoms with Crippen molar-refractivity contribution < 1.29 is 0 Å². The Morgan fingerprint density at radius 3 is 2.73 bits per heavy atom. The molecule has 0 fully saturated rings. The van der Waals surface area contributed by atoms with Crippen molar-refractivity contribution in [1.29, 1.82) is 0 Å². The van der Waals surface area contributed by atoms with Crippen LogP contribution in [0.3, 0.4) is 0 Å². The molecule has 2 N–H and O–H groups in total. The van der Waals surface area contributed by atoms with E-state index in [0.29, 0.717) is 6.54 Å². The number of aryl methyl sites for hydroxylation is 1. The van der Waals surface area contributed by atoms with E-state index < -0.39 is 0 Å². The van der Waals surface area contributed by atoms with Gasteiger partial charge in [0.15, 0.2) is 5.96 Å². The summed E-state index contributed by atoms with van der Waals surface area (Å²) in [5.74, 6) is 0.827. The first-order chi connectivity index (χ1) is 10.2. The van der Waals surface area contributed by atoms with E-state index in [-0.39, 0.29) is 24.0 Å². The maximum absolute atomic E-state index is 5.93. The Morgan fingerprint density at radius 1 is 1.32 bits per heavy atom. The molecule has 0 aliphatic rings. The van der Waals surface area contributed by atoms with Gasteiger partial charge in [0, 0.05) is 29.0 Å². The Labute approximate surface area is 161 Å². The van der Waals surface area contributed by atoms with E-state index >= 15 is 0 Å². The van der Waals surface area contributed by atoms with Gasteiger partial charge in [-0.3, -0.25) is 0 Å². The highest BCUT2D eigenvalue weighted by Crippen LogP contribution is 2.21. The van der Waals surface area contributed by atoms with Gasteiger partial charge in [0.25, 0.3) is 0 Å². The molecular weight excluding hydrogens is 451 g/mol. The van der Waals surface area contributed by atoms with Crippen LogP contribution in [0.1, 0.15) is 21.7 Å². The highest BCUT2D eigenvalue weighted by atomic mass is 127. The first kappa shape index (κ1) is 19.7. The molecule has 0 radical (unpaired) electrons. The van der Waals surface area contributed by atoms with Gasteiger partial charge in [0.05, 0.1) is 10.9 Å². The van der Waals surface area contributed by atoms with Gasteiger partial charge in [-0.1, -0.05) is 11.6 Å². The van der Waals surface area contributed by atoms with Crippen molar-refractivity contribution in [2.24, 2.45) is 4.99 Å². The number of aromatic nitrogens is 1. The fraction of sp³-hybridized carbons (Fsp3) is 0.429. The zero-order valence-corrected chi connectivity index (χ0v) is 17.3. The molecule has 0 saturated carbocycles. The van der Waals surface area contributed by atoms with E-state index in [1.807, 2.05) is 12.3 Å². The summed E-state index contributed by atoms with van der Waals surface area (Å²) in [6, 6.07) is 4.00. The number of thiazole rings is 1. The summed E-state index contributed by atoms with van der Waals surface area (Å²) in [5.41, 5.74) is 0. The maximum atomic E-state index is 5.93. The third-order valence-corrected chi connectivity index (χ3v) is 4.87. The second-order valence-electron chi connectivity index (χ2n) is 4.44. The van der Waals surface area contributed by atoms with Crippen LogP contribution in [-0.4, -0.2) is 24.0 Å². The molecule has 2 aromatic rings. The van der Waals surface area contributed by atoms with Crippen LogP contribution in [0.15, 0.2) is 23.3 Å². The smallest absolute Gasteiger partial charge is 0.191 e. The van der Waals surface area contributed by atoms with E-state index in [1.165, 1.54) is 9.75 Å². The highest BCUT2D eigenvalue weighted by Gasteiger charge is 2.02. The maximum Gasteiger partial charge on any atom is 0.191 e. The molecule has 0 amide bonds. The quantitative estimate of drug-likeness (QED) is 0.380. The van der Waals surface area contributed by atoms with Gasteiger partial charge >= 0.3 is 0 Å². The number of hydrogen-bond acceptors (Lipinski definition) is 4. The molecule has 2 aromatic heterocycles. The summed E-state index contributed by atoms with van der Waals surface area (Å²) >= 11 is 9.23. The van der Waals surface area contributed by atoms with E-state index in [4.69, 9.17) is 11.6 Å². The number of halogens is 2. The SMILES string of the molecule is CCNC(=NCc1ncc(C)s1)NCCc1ccc(Cl)s1.I. The Kier molecular flexibility index (Phi) is 9.30. The van der Waals surface area contributed by atoms with Crippen LogP contribution in [0.4, 0.5) is 0 Å². The lowest BCUT2D eigenvalue weighted by atomic mass is 10.3. The third-order valence-electron chi connectivity index (χ3n) is 2.68. The average Bonchev–Trinajstić information content (AvgIpc) is 3.05. The van der Waals surface area contributed by atoms with Crippen molar-refractivity contribution in [2.45, 2.75) is 26.8 Å². The molecule has 2 rings (SSSR count). The molecule has 2 heterocycles. The molecule has 0 unspecified atom stereocenters. The summed E-state index contributed by atoms with van der Waals surface area (Å²) in [6.07, 6.45) is 2.83. The topological polar surface area (TPSA) is 49.3 Å². The molecule has 0 aromatic carbocycles. The zero-order valence-electron chi connectivity index (χ0n) is 12.6. The van der Waals surface area contributed by atoms with Gasteiger partial charge in [0.2, 0.25) is 0 Å². The largest absolute Gasteiger partial charge is 0.357 e. The Hall–Kier alpha value is -0.380. The summed E-state index contributed by atoms with van der Waals surface area (Å²) in [5, 5.41) is 7.62. The van der Waals surface area contributed by atoms with Crippen molar-refractivity contribution in [3.63, 3.8) is 0 Å². The standard InChI is InChI=1S/C14H19ClN4S2.HI/c1-3-16-14(19-9-13-18-8-10(2)20-13)17-7-6-11-4-5-12(15)21-11;/h4-5,8H,3,6-7,9H2,1-2H3,(H2,16,17,19);1H. The number of nitrogens with zero attached hydrogens (tertiary/aromatic N) is 2. The summed E-state index contributed by atoms with van der Waals surface area (Å²) in [6.45, 7) is 6.40. The predicted octanol–water partition coefficient (Wildman–Crippen LogP) is 4.08.